The van der Waals surface area contributed by atoms with Gasteiger partial charge in [0, 0.05) is 29.3 Å². The molecule has 2 aliphatic rings. The molecule has 2 aromatic rings. The minimum atomic E-state index is -0.621. The Hall–Kier alpha value is -2.89. The van der Waals surface area contributed by atoms with Gasteiger partial charge in [-0.25, -0.2) is 4.98 Å². The van der Waals surface area contributed by atoms with E-state index in [0.717, 1.165) is 29.8 Å². The lowest BCUT2D eigenvalue weighted by molar-refractivity contribution is -0.142. The number of carbonyl (C=O) groups excluding carboxylic acids is 2. The SMILES string of the molecule is C#CCN(C)C(=O)C(C)C1CCC2(C)Cc3sc(NC(=O)c4ccc(OC)cc4)nc3C(C)C2C1O. The number of terminal acetylenes is 1. The molecule has 0 radical (unpaired) electrons. The van der Waals surface area contributed by atoms with Gasteiger partial charge in [-0.2, -0.15) is 0 Å². The number of thiazole rings is 1. The molecule has 7 nitrogen and oxygen atoms in total. The second-order valence-corrected chi connectivity index (χ2v) is 11.6. The number of carbonyl (C=O) groups is 2. The van der Waals surface area contributed by atoms with E-state index >= 15 is 0 Å². The molecule has 0 aliphatic heterocycles. The molecule has 1 heterocycles. The largest absolute Gasteiger partial charge is 0.497 e. The van der Waals surface area contributed by atoms with Gasteiger partial charge in [-0.15, -0.1) is 17.8 Å². The topological polar surface area (TPSA) is 91.8 Å². The predicted molar refractivity (Wildman–Crippen MR) is 141 cm³/mol. The van der Waals surface area contributed by atoms with Crippen molar-refractivity contribution in [2.45, 2.75) is 52.1 Å². The summed E-state index contributed by atoms with van der Waals surface area (Å²) in [5, 5.41) is 15.1. The Morgan fingerprint density at radius 3 is 2.72 bits per heavy atom. The third-order valence-electron chi connectivity index (χ3n) is 8.23. The van der Waals surface area contributed by atoms with Crippen molar-refractivity contribution < 1.29 is 19.4 Å². The van der Waals surface area contributed by atoms with E-state index in [2.05, 4.69) is 25.1 Å². The normalized spacial score (nSPS) is 27.7. The van der Waals surface area contributed by atoms with E-state index in [0.29, 0.717) is 16.4 Å². The van der Waals surface area contributed by atoms with Crippen LogP contribution in [0.1, 0.15) is 60.5 Å². The highest BCUT2D eigenvalue weighted by Crippen LogP contribution is 2.57. The van der Waals surface area contributed by atoms with E-state index in [9.17, 15) is 14.7 Å². The molecule has 0 saturated heterocycles. The third-order valence-corrected chi connectivity index (χ3v) is 9.22. The number of nitrogens with one attached hydrogen (secondary N) is 1. The fourth-order valence-electron chi connectivity index (χ4n) is 6.26. The van der Waals surface area contributed by atoms with E-state index in [1.165, 1.54) is 11.3 Å². The molecular formula is C28H35N3O4S. The van der Waals surface area contributed by atoms with Crippen LogP contribution in [0.3, 0.4) is 0 Å². The monoisotopic (exact) mass is 509 g/mol. The van der Waals surface area contributed by atoms with Crippen LogP contribution in [0.2, 0.25) is 0 Å². The van der Waals surface area contributed by atoms with Crippen molar-refractivity contribution in [3.05, 3.63) is 40.4 Å². The third kappa shape index (κ3) is 4.74. The number of methoxy groups -OCH3 is 1. The van der Waals surface area contributed by atoms with Crippen LogP contribution in [0.15, 0.2) is 24.3 Å². The maximum atomic E-state index is 12.9. The van der Waals surface area contributed by atoms with Crippen LogP contribution in [-0.4, -0.2) is 53.6 Å². The Morgan fingerprint density at radius 2 is 2.08 bits per heavy atom. The Balaban J connectivity index is 1.53. The molecule has 36 heavy (non-hydrogen) atoms. The van der Waals surface area contributed by atoms with Crippen LogP contribution < -0.4 is 10.1 Å². The fourth-order valence-corrected chi connectivity index (χ4v) is 7.52. The second-order valence-electron chi connectivity index (χ2n) is 10.5. The summed E-state index contributed by atoms with van der Waals surface area (Å²) in [6.45, 7) is 6.51. The van der Waals surface area contributed by atoms with Gasteiger partial charge in [-0.05, 0) is 60.8 Å². The Labute approximate surface area is 217 Å². The molecule has 1 aromatic carbocycles. The Kier molecular flexibility index (Phi) is 7.44. The van der Waals surface area contributed by atoms with Crippen LogP contribution in [0.5, 0.6) is 5.75 Å². The van der Waals surface area contributed by atoms with Crippen molar-refractivity contribution in [2.24, 2.45) is 23.2 Å². The maximum Gasteiger partial charge on any atom is 0.257 e. The molecule has 192 valence electrons. The van der Waals surface area contributed by atoms with E-state index in [1.807, 2.05) is 6.92 Å². The average molecular weight is 510 g/mol. The average Bonchev–Trinajstić information content (AvgIpc) is 3.25. The number of ether oxygens (including phenoxy) is 1. The molecule has 1 saturated carbocycles. The highest BCUT2D eigenvalue weighted by Gasteiger charge is 2.54. The van der Waals surface area contributed by atoms with Crippen molar-refractivity contribution in [2.75, 3.05) is 26.0 Å². The van der Waals surface area contributed by atoms with Crippen molar-refractivity contribution in [1.29, 1.82) is 0 Å². The lowest BCUT2D eigenvalue weighted by Gasteiger charge is -2.53. The number of aliphatic hydroxyl groups is 1. The van der Waals surface area contributed by atoms with Gasteiger partial charge < -0.3 is 14.7 Å². The molecule has 1 aromatic heterocycles. The first-order chi connectivity index (χ1) is 17.1. The first-order valence-corrected chi connectivity index (χ1v) is 13.2. The molecule has 8 heteroatoms. The quantitative estimate of drug-likeness (QED) is 0.570. The van der Waals surface area contributed by atoms with E-state index in [4.69, 9.17) is 16.1 Å². The van der Waals surface area contributed by atoms with Crippen LogP contribution in [0, 0.1) is 35.5 Å². The molecule has 6 unspecified atom stereocenters. The summed E-state index contributed by atoms with van der Waals surface area (Å²) in [7, 11) is 3.30. The summed E-state index contributed by atoms with van der Waals surface area (Å²) in [5.41, 5.74) is 1.37. The molecule has 6 atom stereocenters. The smallest absolute Gasteiger partial charge is 0.257 e. The molecule has 1 fully saturated rings. The van der Waals surface area contributed by atoms with E-state index < -0.39 is 6.10 Å². The van der Waals surface area contributed by atoms with Crippen molar-refractivity contribution >= 4 is 28.3 Å². The van der Waals surface area contributed by atoms with Crippen LogP contribution in [0.4, 0.5) is 5.13 Å². The lowest BCUT2D eigenvalue weighted by atomic mass is 9.53. The Bertz CT molecular complexity index is 1170. The van der Waals surface area contributed by atoms with Crippen molar-refractivity contribution in [3.8, 4) is 18.1 Å². The van der Waals surface area contributed by atoms with Gasteiger partial charge in [-0.3, -0.25) is 14.9 Å². The zero-order valence-corrected chi connectivity index (χ0v) is 22.4. The molecule has 4 rings (SSSR count). The molecule has 0 spiro atoms. The highest BCUT2D eigenvalue weighted by molar-refractivity contribution is 7.15. The summed E-state index contributed by atoms with van der Waals surface area (Å²) in [6.07, 6.45) is 7.27. The van der Waals surface area contributed by atoms with Crippen molar-refractivity contribution in [1.82, 2.24) is 9.88 Å². The van der Waals surface area contributed by atoms with E-state index in [-0.39, 0.29) is 47.4 Å². The number of hydrogen-bond donors (Lipinski definition) is 2. The number of amides is 2. The molecule has 2 amide bonds. The number of benzene rings is 1. The van der Waals surface area contributed by atoms with Crippen LogP contribution >= 0.6 is 11.3 Å². The number of hydrogen-bond acceptors (Lipinski definition) is 6. The summed E-state index contributed by atoms with van der Waals surface area (Å²) < 4.78 is 5.17. The summed E-state index contributed by atoms with van der Waals surface area (Å²) in [4.78, 5) is 33.2. The zero-order chi connectivity index (χ0) is 26.2. The van der Waals surface area contributed by atoms with Gasteiger partial charge in [-0.1, -0.05) is 26.7 Å². The molecule has 2 aliphatic carbocycles. The second kappa shape index (κ2) is 10.2. The fraction of sp³-hybridized carbons (Fsp3) is 0.536. The van der Waals surface area contributed by atoms with Gasteiger partial charge in [0.05, 0.1) is 25.5 Å². The van der Waals surface area contributed by atoms with Gasteiger partial charge in [0.25, 0.3) is 5.91 Å². The summed E-state index contributed by atoms with van der Waals surface area (Å²) >= 11 is 1.52. The summed E-state index contributed by atoms with van der Waals surface area (Å²) in [5.74, 6) is 2.50. The van der Waals surface area contributed by atoms with Gasteiger partial charge in [0.1, 0.15) is 5.75 Å². The van der Waals surface area contributed by atoms with E-state index in [1.54, 1.807) is 43.3 Å². The van der Waals surface area contributed by atoms with Crippen LogP contribution in [-0.2, 0) is 11.2 Å². The number of aliphatic hydroxyl groups excluding tert-OH is 1. The highest BCUT2D eigenvalue weighted by atomic mass is 32.1. The van der Waals surface area contributed by atoms with Gasteiger partial charge in [0.2, 0.25) is 5.91 Å². The first kappa shape index (κ1) is 26.2. The minimum absolute atomic E-state index is 0.00479. The molecule has 2 N–H and O–H groups in total. The standard InChI is InChI=1S/C28H35N3O4S/c1-7-14-31(5)26(34)16(2)20-12-13-28(4)15-21-23(17(3)22(28)24(20)32)29-27(36-21)30-25(33)18-8-10-19(35-6)11-9-18/h1,8-11,16-17,20,22,24,32H,12-15H2,2-6H3,(H,29,30,33). The Morgan fingerprint density at radius 1 is 1.39 bits per heavy atom. The van der Waals surface area contributed by atoms with Crippen molar-refractivity contribution in [3.63, 3.8) is 0 Å². The minimum Gasteiger partial charge on any atom is -0.497 e. The molecular weight excluding hydrogens is 474 g/mol. The number of nitrogens with zero attached hydrogens (tertiary/aromatic N) is 2. The van der Waals surface area contributed by atoms with Gasteiger partial charge >= 0.3 is 0 Å². The first-order valence-electron chi connectivity index (χ1n) is 12.4. The lowest BCUT2D eigenvalue weighted by Crippen LogP contribution is -2.53. The number of aromatic nitrogens is 1. The predicted octanol–water partition coefficient (Wildman–Crippen LogP) is 4.18. The summed E-state index contributed by atoms with van der Waals surface area (Å²) in [6, 6.07) is 6.95. The number of rotatable bonds is 6. The number of fused-ring (bicyclic) bond motifs is 2. The van der Waals surface area contributed by atoms with Gasteiger partial charge in [0.15, 0.2) is 5.13 Å². The zero-order valence-electron chi connectivity index (χ0n) is 21.6. The molecule has 0 bridgehead atoms. The number of anilines is 1. The van der Waals surface area contributed by atoms with Crippen LogP contribution in [0.25, 0.3) is 0 Å². The maximum absolute atomic E-state index is 12.9.